The molecular weight excluding hydrogens is 336 g/mol. The Morgan fingerprint density at radius 3 is 2.29 bits per heavy atom. The number of aliphatic carboxylic acids is 1. The Morgan fingerprint density at radius 2 is 1.75 bits per heavy atom. The number of nitrogens with one attached hydrogen (secondary N) is 2. The molecule has 0 radical (unpaired) electrons. The van der Waals surface area contributed by atoms with Crippen molar-refractivity contribution in [1.29, 1.82) is 0 Å². The number of benzene rings is 1. The van der Waals surface area contributed by atoms with Crippen molar-refractivity contribution in [3.8, 4) is 11.5 Å². The number of carbonyl (C=O) groups is 2. The van der Waals surface area contributed by atoms with Crippen molar-refractivity contribution < 1.29 is 24.2 Å². The lowest BCUT2D eigenvalue weighted by molar-refractivity contribution is -0.142. The number of rotatable bonds is 5. The fraction of sp³-hybridized carbons (Fsp3) is 0.500. The van der Waals surface area contributed by atoms with Crippen LogP contribution in [0.5, 0.6) is 11.5 Å². The molecule has 1 fully saturated rings. The number of amides is 2. The third-order valence-electron chi connectivity index (χ3n) is 4.13. The summed E-state index contributed by atoms with van der Waals surface area (Å²) in [6.45, 7) is 0. The summed E-state index contributed by atoms with van der Waals surface area (Å²) in [4.78, 5) is 23.1. The standard InChI is InChI=1S/C16H21ClN2O5/c1-23-13-8-14(24-2)12(7-11(13)17)19-16(22)18-10-5-3-9(4-6-10)15(20)21/h7-10H,3-6H2,1-2H3,(H,20,21)(H2,18,19,22). The number of carbonyl (C=O) groups excluding carboxylic acids is 1. The first-order valence-corrected chi connectivity index (χ1v) is 8.04. The predicted molar refractivity (Wildman–Crippen MR) is 90.1 cm³/mol. The lowest BCUT2D eigenvalue weighted by Gasteiger charge is -2.27. The van der Waals surface area contributed by atoms with Gasteiger partial charge in [0.25, 0.3) is 0 Å². The van der Waals surface area contributed by atoms with Gasteiger partial charge in [-0.05, 0) is 31.7 Å². The molecule has 1 aliphatic rings. The van der Waals surface area contributed by atoms with Gasteiger partial charge in [0.2, 0.25) is 0 Å². The van der Waals surface area contributed by atoms with Crippen molar-refractivity contribution in [3.05, 3.63) is 17.2 Å². The first-order chi connectivity index (χ1) is 11.4. The molecule has 1 aromatic carbocycles. The smallest absolute Gasteiger partial charge is 0.319 e. The molecule has 1 aromatic rings. The lowest BCUT2D eigenvalue weighted by atomic mass is 9.86. The number of halogens is 1. The van der Waals surface area contributed by atoms with E-state index in [-0.39, 0.29) is 18.0 Å². The van der Waals surface area contributed by atoms with Crippen molar-refractivity contribution in [2.24, 2.45) is 5.92 Å². The number of anilines is 1. The first-order valence-electron chi connectivity index (χ1n) is 7.66. The van der Waals surface area contributed by atoms with E-state index in [4.69, 9.17) is 26.2 Å². The minimum atomic E-state index is -0.768. The van der Waals surface area contributed by atoms with E-state index in [0.717, 1.165) is 0 Å². The summed E-state index contributed by atoms with van der Waals surface area (Å²) in [5.41, 5.74) is 0.431. The topological polar surface area (TPSA) is 96.9 Å². The Kier molecular flexibility index (Phi) is 6.14. The highest BCUT2D eigenvalue weighted by Crippen LogP contribution is 2.35. The normalized spacial score (nSPS) is 20.1. The second-order valence-electron chi connectivity index (χ2n) is 5.67. The van der Waals surface area contributed by atoms with E-state index in [9.17, 15) is 9.59 Å². The number of carboxylic acids is 1. The van der Waals surface area contributed by atoms with Crippen LogP contribution in [0.4, 0.5) is 10.5 Å². The second kappa shape index (κ2) is 8.10. The molecule has 0 aliphatic heterocycles. The van der Waals surface area contributed by atoms with E-state index < -0.39 is 5.97 Å². The van der Waals surface area contributed by atoms with Crippen LogP contribution in [0.25, 0.3) is 0 Å². The van der Waals surface area contributed by atoms with Crippen molar-refractivity contribution in [3.63, 3.8) is 0 Å². The number of hydrogen-bond acceptors (Lipinski definition) is 4. The number of urea groups is 1. The molecule has 7 nitrogen and oxygen atoms in total. The molecule has 0 unspecified atom stereocenters. The van der Waals surface area contributed by atoms with E-state index in [1.54, 1.807) is 12.1 Å². The highest BCUT2D eigenvalue weighted by molar-refractivity contribution is 6.32. The predicted octanol–water partition coefficient (Wildman–Crippen LogP) is 3.12. The van der Waals surface area contributed by atoms with Crippen LogP contribution in [0, 0.1) is 5.92 Å². The number of methoxy groups -OCH3 is 2. The molecule has 0 heterocycles. The summed E-state index contributed by atoms with van der Waals surface area (Å²) < 4.78 is 10.3. The fourth-order valence-electron chi connectivity index (χ4n) is 2.79. The van der Waals surface area contributed by atoms with Crippen LogP contribution in [0.1, 0.15) is 25.7 Å². The number of carboxylic acid groups (broad SMARTS) is 1. The average Bonchev–Trinajstić information content (AvgIpc) is 2.55. The molecule has 0 spiro atoms. The molecule has 0 atom stereocenters. The van der Waals surface area contributed by atoms with Gasteiger partial charge in [0.1, 0.15) is 11.5 Å². The van der Waals surface area contributed by atoms with Crippen molar-refractivity contribution in [2.45, 2.75) is 31.7 Å². The molecule has 24 heavy (non-hydrogen) atoms. The summed E-state index contributed by atoms with van der Waals surface area (Å²) in [6, 6.07) is 2.73. The average molecular weight is 357 g/mol. The molecule has 2 amide bonds. The van der Waals surface area contributed by atoms with Crippen molar-refractivity contribution in [2.75, 3.05) is 19.5 Å². The van der Waals surface area contributed by atoms with Crippen molar-refractivity contribution in [1.82, 2.24) is 5.32 Å². The zero-order valence-electron chi connectivity index (χ0n) is 13.6. The first kappa shape index (κ1) is 18.2. The summed E-state index contributed by atoms with van der Waals surface area (Å²) in [5, 5.41) is 14.9. The van der Waals surface area contributed by atoms with Crippen LogP contribution >= 0.6 is 11.6 Å². The summed E-state index contributed by atoms with van der Waals surface area (Å²) in [6.07, 6.45) is 2.42. The van der Waals surface area contributed by atoms with E-state index in [2.05, 4.69) is 10.6 Å². The van der Waals surface area contributed by atoms with E-state index in [1.807, 2.05) is 0 Å². The monoisotopic (exact) mass is 356 g/mol. The quantitative estimate of drug-likeness (QED) is 0.753. The SMILES string of the molecule is COc1cc(OC)c(NC(=O)NC2CCC(C(=O)O)CC2)cc1Cl. The Morgan fingerprint density at radius 1 is 1.12 bits per heavy atom. The molecule has 0 bridgehead atoms. The third-order valence-corrected chi connectivity index (χ3v) is 4.43. The highest BCUT2D eigenvalue weighted by atomic mass is 35.5. The van der Waals surface area contributed by atoms with Gasteiger partial charge < -0.3 is 25.2 Å². The maximum absolute atomic E-state index is 12.2. The minimum Gasteiger partial charge on any atom is -0.495 e. The van der Waals surface area contributed by atoms with Gasteiger partial charge in [-0.25, -0.2) is 4.79 Å². The van der Waals surface area contributed by atoms with Gasteiger partial charge in [0.05, 0.1) is 30.8 Å². The van der Waals surface area contributed by atoms with Gasteiger partial charge in [0, 0.05) is 12.1 Å². The van der Waals surface area contributed by atoms with Gasteiger partial charge in [0.15, 0.2) is 0 Å². The van der Waals surface area contributed by atoms with Gasteiger partial charge in [-0.3, -0.25) is 4.79 Å². The second-order valence-corrected chi connectivity index (χ2v) is 6.08. The summed E-state index contributed by atoms with van der Waals surface area (Å²) in [5.74, 6) is -0.199. The van der Waals surface area contributed by atoms with Gasteiger partial charge in [-0.15, -0.1) is 0 Å². The Labute approximate surface area is 145 Å². The van der Waals surface area contributed by atoms with Gasteiger partial charge in [-0.2, -0.15) is 0 Å². The minimum absolute atomic E-state index is 0.0414. The molecule has 3 N–H and O–H groups in total. The molecule has 132 valence electrons. The Balaban J connectivity index is 1.95. The van der Waals surface area contributed by atoms with E-state index >= 15 is 0 Å². The number of ether oxygens (including phenoxy) is 2. The zero-order valence-corrected chi connectivity index (χ0v) is 14.4. The van der Waals surface area contributed by atoms with E-state index in [1.165, 1.54) is 14.2 Å². The number of hydrogen-bond donors (Lipinski definition) is 3. The van der Waals surface area contributed by atoms with Crippen LogP contribution < -0.4 is 20.1 Å². The molecule has 8 heteroatoms. The summed E-state index contributed by atoms with van der Waals surface area (Å²) >= 11 is 6.07. The molecule has 0 saturated heterocycles. The van der Waals surface area contributed by atoms with Crippen LogP contribution in [0.2, 0.25) is 5.02 Å². The zero-order chi connectivity index (χ0) is 17.7. The highest BCUT2D eigenvalue weighted by Gasteiger charge is 2.26. The lowest BCUT2D eigenvalue weighted by Crippen LogP contribution is -2.41. The maximum Gasteiger partial charge on any atom is 0.319 e. The molecule has 0 aromatic heterocycles. The molecular formula is C16H21ClN2O5. The van der Waals surface area contributed by atoms with Crippen molar-refractivity contribution >= 4 is 29.3 Å². The Bertz CT molecular complexity index is 615. The van der Waals surface area contributed by atoms with Crippen LogP contribution in [0.15, 0.2) is 12.1 Å². The van der Waals surface area contributed by atoms with Gasteiger partial charge >= 0.3 is 12.0 Å². The fourth-order valence-corrected chi connectivity index (χ4v) is 3.03. The maximum atomic E-state index is 12.2. The van der Waals surface area contributed by atoms with Crippen LogP contribution in [0.3, 0.4) is 0 Å². The molecule has 1 aliphatic carbocycles. The third kappa shape index (κ3) is 4.44. The summed E-state index contributed by atoms with van der Waals surface area (Å²) in [7, 11) is 2.98. The van der Waals surface area contributed by atoms with E-state index in [0.29, 0.717) is 47.9 Å². The van der Waals surface area contributed by atoms with Crippen LogP contribution in [-0.4, -0.2) is 37.4 Å². The Hall–Kier alpha value is -2.15. The molecule has 2 rings (SSSR count). The molecule has 1 saturated carbocycles. The van der Waals surface area contributed by atoms with Gasteiger partial charge in [-0.1, -0.05) is 11.6 Å². The largest absolute Gasteiger partial charge is 0.495 e. The van der Waals surface area contributed by atoms with Crippen LogP contribution in [-0.2, 0) is 4.79 Å².